The fourth-order valence-electron chi connectivity index (χ4n) is 3.80. The Morgan fingerprint density at radius 1 is 1.21 bits per heavy atom. The molecule has 1 atom stereocenters. The van der Waals surface area contributed by atoms with E-state index in [9.17, 15) is 14.9 Å². The maximum absolute atomic E-state index is 13.0. The number of non-ortho nitro benzene ring substituents is 1. The van der Waals surface area contributed by atoms with Crippen molar-refractivity contribution < 1.29 is 14.1 Å². The Labute approximate surface area is 200 Å². The number of hydrogen-bond acceptors (Lipinski definition) is 8. The first-order valence-electron chi connectivity index (χ1n) is 9.82. The number of carbonyl (C=O) groups excluding carboxylic acids is 1. The Hall–Kier alpha value is -3.44. The lowest BCUT2D eigenvalue weighted by molar-refractivity contribution is -0.384. The van der Waals surface area contributed by atoms with Crippen LogP contribution in [0.4, 0.5) is 5.69 Å². The van der Waals surface area contributed by atoms with Crippen molar-refractivity contribution in [2.24, 2.45) is 10.1 Å². The fraction of sp³-hybridized carbons (Fsp3) is 0.136. The number of aryl methyl sites for hydroxylation is 1. The van der Waals surface area contributed by atoms with Gasteiger partial charge in [0.1, 0.15) is 11.5 Å². The summed E-state index contributed by atoms with van der Waals surface area (Å²) in [6.45, 7) is 1.79. The van der Waals surface area contributed by atoms with Gasteiger partial charge in [-0.15, -0.1) is 5.10 Å². The van der Waals surface area contributed by atoms with Gasteiger partial charge in [-0.05, 0) is 55.1 Å². The van der Waals surface area contributed by atoms with Gasteiger partial charge in [-0.2, -0.15) is 0 Å². The molecule has 0 unspecified atom stereocenters. The number of nitrogens with one attached hydrogen (secondary N) is 1. The first-order chi connectivity index (χ1) is 15.9. The summed E-state index contributed by atoms with van der Waals surface area (Å²) >= 11 is 4.78. The van der Waals surface area contributed by atoms with Crippen LogP contribution in [0.2, 0.25) is 0 Å². The molecule has 3 aromatic rings. The molecule has 1 amide bonds. The largest absolute Gasteiger partial charge is 0.457 e. The Bertz CT molecular complexity index is 1480. The number of benzene rings is 2. The van der Waals surface area contributed by atoms with Crippen molar-refractivity contribution in [1.82, 2.24) is 10.3 Å². The monoisotopic (exact) mass is 525 g/mol. The van der Waals surface area contributed by atoms with Crippen LogP contribution in [0.15, 0.2) is 67.5 Å². The summed E-state index contributed by atoms with van der Waals surface area (Å²) in [5, 5.41) is 21.8. The zero-order chi connectivity index (χ0) is 23.3. The van der Waals surface area contributed by atoms with Crippen LogP contribution in [0.1, 0.15) is 17.5 Å². The highest BCUT2D eigenvalue weighted by molar-refractivity contribution is 9.10. The van der Waals surface area contributed by atoms with Crippen molar-refractivity contribution in [3.05, 3.63) is 85.0 Å². The van der Waals surface area contributed by atoms with E-state index in [1.54, 1.807) is 30.1 Å². The molecule has 5 rings (SSSR count). The molecule has 9 nitrogen and oxygen atoms in total. The molecule has 3 heterocycles. The highest BCUT2D eigenvalue weighted by atomic mass is 79.9. The fourth-order valence-corrected chi connectivity index (χ4v) is 4.53. The number of nitro groups is 1. The van der Waals surface area contributed by atoms with Crippen molar-refractivity contribution >= 4 is 50.2 Å². The summed E-state index contributed by atoms with van der Waals surface area (Å²) < 4.78 is 6.97. The predicted molar refractivity (Wildman–Crippen MR) is 128 cm³/mol. The number of thioether (sulfide) groups is 1. The number of nitro benzene ring substituents is 1. The average molecular weight is 526 g/mol. The molecular weight excluding hydrogens is 510 g/mol. The van der Waals surface area contributed by atoms with E-state index < -0.39 is 11.1 Å². The number of hydrazone groups is 1. The summed E-state index contributed by atoms with van der Waals surface area (Å²) in [5.74, 6) is 0.769. The van der Waals surface area contributed by atoms with Crippen molar-refractivity contribution in [3.63, 3.8) is 0 Å². The lowest BCUT2D eigenvalue weighted by atomic mass is 10.1. The van der Waals surface area contributed by atoms with Gasteiger partial charge in [0.25, 0.3) is 11.6 Å². The summed E-state index contributed by atoms with van der Waals surface area (Å²) in [6.07, 6.45) is 1.14. The molecule has 1 aromatic heterocycles. The molecule has 33 heavy (non-hydrogen) atoms. The number of halogens is 1. The second kappa shape index (κ2) is 8.16. The van der Waals surface area contributed by atoms with Crippen LogP contribution in [0.25, 0.3) is 17.0 Å². The van der Waals surface area contributed by atoms with Gasteiger partial charge >= 0.3 is 0 Å². The lowest BCUT2D eigenvalue weighted by Gasteiger charge is -2.32. The van der Waals surface area contributed by atoms with Gasteiger partial charge in [0.2, 0.25) is 6.17 Å². The molecule has 2 aliphatic heterocycles. The zero-order valence-electron chi connectivity index (χ0n) is 17.4. The standard InChI is InChI=1S/C22H16BrN5O4S/c1-11-9-13(28(30)31)4-5-14(11)17-7-8-18(32-17)20-24-16-6-3-12(23)10-15(16)19-21(29)25-22(33-2)26-27(19)20/h3-10,20H,1-2H3,(H,25,26,29)/t20-/m1/s1. The SMILES string of the molecule is CSC1=NN2C(=c3cc(Br)ccc3=N[C@H]2c2ccc(-c3ccc([N+](=O)[O-])cc3C)o2)C(=O)N1. The predicted octanol–water partition coefficient (Wildman–Crippen LogP) is 3.43. The minimum Gasteiger partial charge on any atom is -0.457 e. The molecule has 0 bridgehead atoms. The van der Waals surface area contributed by atoms with Crippen LogP contribution < -0.4 is 15.9 Å². The number of hydrogen-bond donors (Lipinski definition) is 1. The van der Waals surface area contributed by atoms with Crippen LogP contribution in [0.5, 0.6) is 0 Å². The van der Waals surface area contributed by atoms with E-state index in [-0.39, 0.29) is 11.6 Å². The molecule has 0 fully saturated rings. The number of carbonyl (C=O) groups is 1. The number of nitrogens with zero attached hydrogens (tertiary/aromatic N) is 4. The second-order valence-corrected chi connectivity index (χ2v) is 9.09. The van der Waals surface area contributed by atoms with Crippen LogP contribution in [-0.4, -0.2) is 27.3 Å². The van der Waals surface area contributed by atoms with E-state index in [0.717, 1.165) is 10.0 Å². The van der Waals surface area contributed by atoms with Crippen LogP contribution >= 0.6 is 27.7 Å². The van der Waals surface area contributed by atoms with Gasteiger partial charge in [-0.1, -0.05) is 27.7 Å². The molecule has 166 valence electrons. The van der Waals surface area contributed by atoms with Gasteiger partial charge in [0, 0.05) is 27.4 Å². The van der Waals surface area contributed by atoms with E-state index in [1.807, 2.05) is 24.5 Å². The topological polar surface area (TPSA) is 113 Å². The molecule has 0 saturated heterocycles. The minimum absolute atomic E-state index is 0.0191. The van der Waals surface area contributed by atoms with E-state index in [1.165, 1.54) is 23.9 Å². The highest BCUT2D eigenvalue weighted by Crippen LogP contribution is 2.35. The number of fused-ring (bicyclic) bond motifs is 2. The molecule has 0 radical (unpaired) electrons. The number of amides is 1. The maximum atomic E-state index is 13.0. The minimum atomic E-state index is -0.686. The third-order valence-corrected chi connectivity index (χ3v) is 6.39. The average Bonchev–Trinajstić information content (AvgIpc) is 3.27. The zero-order valence-corrected chi connectivity index (χ0v) is 19.8. The lowest BCUT2D eigenvalue weighted by Crippen LogP contribution is -2.50. The Morgan fingerprint density at radius 3 is 2.76 bits per heavy atom. The smallest absolute Gasteiger partial charge is 0.276 e. The Morgan fingerprint density at radius 2 is 2.03 bits per heavy atom. The highest BCUT2D eigenvalue weighted by Gasteiger charge is 2.36. The summed E-state index contributed by atoms with van der Waals surface area (Å²) in [7, 11) is 0. The van der Waals surface area contributed by atoms with Crippen LogP contribution in [0, 0.1) is 17.0 Å². The van der Waals surface area contributed by atoms with E-state index >= 15 is 0 Å². The summed E-state index contributed by atoms with van der Waals surface area (Å²) in [5.41, 5.74) is 1.85. The van der Waals surface area contributed by atoms with Crippen molar-refractivity contribution in [2.45, 2.75) is 13.1 Å². The van der Waals surface area contributed by atoms with Crippen molar-refractivity contribution in [2.75, 3.05) is 6.26 Å². The molecule has 2 aliphatic rings. The molecular formula is C22H16BrN5O4S. The van der Waals surface area contributed by atoms with Crippen molar-refractivity contribution in [3.8, 4) is 11.3 Å². The maximum Gasteiger partial charge on any atom is 0.276 e. The summed E-state index contributed by atoms with van der Waals surface area (Å²) in [6, 6.07) is 13.7. The number of furan rings is 1. The van der Waals surface area contributed by atoms with Gasteiger partial charge in [0.05, 0.1) is 10.3 Å². The van der Waals surface area contributed by atoms with Crippen LogP contribution in [0.3, 0.4) is 0 Å². The Balaban J connectivity index is 1.63. The molecule has 0 spiro atoms. The molecule has 0 saturated carbocycles. The van der Waals surface area contributed by atoms with E-state index in [4.69, 9.17) is 9.41 Å². The quantitative estimate of drug-likeness (QED) is 0.414. The molecule has 1 N–H and O–H groups in total. The van der Waals surface area contributed by atoms with Gasteiger partial charge in [-0.3, -0.25) is 20.2 Å². The molecule has 11 heteroatoms. The van der Waals surface area contributed by atoms with Gasteiger partial charge in [-0.25, -0.2) is 10.0 Å². The third kappa shape index (κ3) is 3.72. The van der Waals surface area contributed by atoms with Crippen LogP contribution in [-0.2, 0) is 4.79 Å². The van der Waals surface area contributed by atoms with Gasteiger partial charge < -0.3 is 4.42 Å². The number of rotatable bonds is 3. The number of amidine groups is 1. The normalized spacial score (nSPS) is 17.0. The Kier molecular flexibility index (Phi) is 5.29. The summed E-state index contributed by atoms with van der Waals surface area (Å²) in [4.78, 5) is 28.4. The second-order valence-electron chi connectivity index (χ2n) is 7.38. The van der Waals surface area contributed by atoms with Gasteiger partial charge in [0.15, 0.2) is 10.9 Å². The first kappa shape index (κ1) is 21.4. The molecule has 0 aliphatic carbocycles. The van der Waals surface area contributed by atoms with E-state index in [0.29, 0.717) is 38.5 Å². The van der Waals surface area contributed by atoms with E-state index in [2.05, 4.69) is 26.3 Å². The van der Waals surface area contributed by atoms with Crippen molar-refractivity contribution in [1.29, 1.82) is 0 Å². The first-order valence-corrected chi connectivity index (χ1v) is 11.8. The molecule has 2 aromatic carbocycles. The third-order valence-electron chi connectivity index (χ3n) is 5.33.